The number of hydrogen-bond acceptors (Lipinski definition) is 6. The summed E-state index contributed by atoms with van der Waals surface area (Å²) in [5, 5.41) is 0. The number of carbonyl (C=O) groups excluding carboxylic acids is 1. The number of halogens is 3. The molecule has 43 heavy (non-hydrogen) atoms. The van der Waals surface area contributed by atoms with Gasteiger partial charge in [-0.25, -0.2) is 9.97 Å². The van der Waals surface area contributed by atoms with Gasteiger partial charge >= 0.3 is 12.1 Å². The molecule has 1 saturated heterocycles. The van der Waals surface area contributed by atoms with Gasteiger partial charge in [0.25, 0.3) is 0 Å². The summed E-state index contributed by atoms with van der Waals surface area (Å²) < 4.78 is 40.5. The van der Waals surface area contributed by atoms with Crippen LogP contribution in [0.5, 0.6) is 0 Å². The monoisotopic (exact) mass is 589 g/mol. The third-order valence-corrected chi connectivity index (χ3v) is 8.55. The van der Waals surface area contributed by atoms with Crippen LogP contribution in [0.4, 0.5) is 19.0 Å². The standard InChI is InChI=1S/C32H34F3N7O/c1-2-6-22-9-10-23(19-26(22)38-20-21-7-4-3-5-8-21)27-28-29(36)37-11-12-42(28)30(39-27)24-17-25(18-24)40-13-15-41(16-14-40)31(43)32(33,34)35/h2,4,6-12,19,24-25H,1,3,5,13-18,20H2,(H2,36,37)/b22-6-,38-26-. The van der Waals surface area contributed by atoms with E-state index in [0.29, 0.717) is 25.5 Å². The number of rotatable bonds is 6. The number of fused-ring (bicyclic) bond motifs is 1. The van der Waals surface area contributed by atoms with Gasteiger partial charge in [0.1, 0.15) is 22.9 Å². The van der Waals surface area contributed by atoms with Crippen LogP contribution in [0.3, 0.4) is 0 Å². The normalized spacial score (nSPS) is 24.8. The molecule has 2 aromatic rings. The van der Waals surface area contributed by atoms with Gasteiger partial charge in [0.15, 0.2) is 0 Å². The van der Waals surface area contributed by atoms with Crippen molar-refractivity contribution in [3.05, 3.63) is 90.2 Å². The van der Waals surface area contributed by atoms with Crippen LogP contribution in [-0.4, -0.2) is 80.7 Å². The maximum atomic E-state index is 12.8. The summed E-state index contributed by atoms with van der Waals surface area (Å²) >= 11 is 0. The zero-order valence-electron chi connectivity index (χ0n) is 23.8. The Labute approximate surface area is 248 Å². The Hall–Kier alpha value is -4.25. The highest BCUT2D eigenvalue weighted by Gasteiger charge is 2.45. The van der Waals surface area contributed by atoms with Crippen molar-refractivity contribution < 1.29 is 18.0 Å². The Bertz CT molecular complexity index is 1610. The average molecular weight is 590 g/mol. The molecule has 2 aromatic heterocycles. The SMILES string of the molecule is C=C/C=C1/C=CC(c2nc(C3CC(N4CCN(C(=O)C(F)(F)F)CC4)C3)n3ccnc(N)c23)=C/C1=N/CC1=CCCC=C1. The summed E-state index contributed by atoms with van der Waals surface area (Å²) in [6, 6.07) is 0.227. The van der Waals surface area contributed by atoms with Gasteiger partial charge in [-0.1, -0.05) is 49.1 Å². The van der Waals surface area contributed by atoms with Gasteiger partial charge < -0.3 is 10.6 Å². The molecule has 6 rings (SSSR count). The molecule has 0 unspecified atom stereocenters. The van der Waals surface area contributed by atoms with Crippen molar-refractivity contribution in [2.45, 2.75) is 43.8 Å². The van der Waals surface area contributed by atoms with E-state index >= 15 is 0 Å². The molecule has 0 spiro atoms. The molecule has 1 aliphatic heterocycles. The Morgan fingerprint density at radius 3 is 2.63 bits per heavy atom. The summed E-state index contributed by atoms with van der Waals surface area (Å²) in [6.07, 6.45) is 18.7. The van der Waals surface area contributed by atoms with Crippen molar-refractivity contribution in [2.24, 2.45) is 4.99 Å². The zero-order valence-corrected chi connectivity index (χ0v) is 23.8. The number of aromatic nitrogens is 3. The lowest BCUT2D eigenvalue weighted by Gasteiger charge is -2.46. The first kappa shape index (κ1) is 28.9. The molecular formula is C32H34F3N7O. The summed E-state index contributed by atoms with van der Waals surface area (Å²) in [4.78, 5) is 29.1. The fourth-order valence-electron chi connectivity index (χ4n) is 6.20. The van der Waals surface area contributed by atoms with E-state index in [0.717, 1.165) is 64.5 Å². The predicted octanol–water partition coefficient (Wildman–Crippen LogP) is 5.05. The van der Waals surface area contributed by atoms with Gasteiger partial charge in [0.2, 0.25) is 0 Å². The molecule has 1 saturated carbocycles. The van der Waals surface area contributed by atoms with Gasteiger partial charge in [0, 0.05) is 56.1 Å². The van der Waals surface area contributed by atoms with Gasteiger partial charge in [-0.2, -0.15) is 13.2 Å². The number of nitrogens with zero attached hydrogens (tertiary/aromatic N) is 6. The Balaban J connectivity index is 1.22. The van der Waals surface area contributed by atoms with E-state index < -0.39 is 12.1 Å². The number of alkyl halides is 3. The van der Waals surface area contributed by atoms with Crippen LogP contribution in [-0.2, 0) is 4.79 Å². The summed E-state index contributed by atoms with van der Waals surface area (Å²) in [6.45, 7) is 5.45. The van der Waals surface area contributed by atoms with Crippen molar-refractivity contribution in [2.75, 3.05) is 38.5 Å². The van der Waals surface area contributed by atoms with Gasteiger partial charge in [-0.15, -0.1) is 0 Å². The maximum Gasteiger partial charge on any atom is 0.471 e. The van der Waals surface area contributed by atoms with Crippen LogP contribution in [0.1, 0.15) is 43.1 Å². The molecule has 0 bridgehead atoms. The van der Waals surface area contributed by atoms with Gasteiger partial charge in [0.05, 0.1) is 12.3 Å². The van der Waals surface area contributed by atoms with Crippen LogP contribution in [0.25, 0.3) is 11.1 Å². The maximum absolute atomic E-state index is 12.8. The van der Waals surface area contributed by atoms with Crippen molar-refractivity contribution in [1.29, 1.82) is 0 Å². The number of anilines is 1. The number of nitrogen functional groups attached to an aromatic ring is 1. The number of allylic oxidation sites excluding steroid dienone is 9. The molecule has 3 heterocycles. The molecular weight excluding hydrogens is 555 g/mol. The fraction of sp³-hybridized carbons (Fsp3) is 0.375. The minimum atomic E-state index is -4.83. The van der Waals surface area contributed by atoms with Crippen LogP contribution in [0, 0.1) is 0 Å². The van der Waals surface area contributed by atoms with E-state index in [1.807, 2.05) is 34.9 Å². The highest BCUT2D eigenvalue weighted by Crippen LogP contribution is 2.42. The van der Waals surface area contributed by atoms with Crippen molar-refractivity contribution >= 4 is 28.5 Å². The third kappa shape index (κ3) is 5.86. The number of hydrogen-bond donors (Lipinski definition) is 1. The van der Waals surface area contributed by atoms with Crippen molar-refractivity contribution in [3.63, 3.8) is 0 Å². The minimum absolute atomic E-state index is 0.0818. The fourth-order valence-corrected chi connectivity index (χ4v) is 6.20. The molecule has 11 heteroatoms. The van der Waals surface area contributed by atoms with Crippen LogP contribution < -0.4 is 5.73 Å². The molecule has 0 atom stereocenters. The van der Waals surface area contributed by atoms with E-state index in [9.17, 15) is 18.0 Å². The molecule has 2 fully saturated rings. The van der Waals surface area contributed by atoms with E-state index in [1.54, 1.807) is 12.3 Å². The highest BCUT2D eigenvalue weighted by molar-refractivity contribution is 6.17. The van der Waals surface area contributed by atoms with E-state index in [-0.39, 0.29) is 25.0 Å². The van der Waals surface area contributed by atoms with Gasteiger partial charge in [-0.3, -0.25) is 19.1 Å². The minimum Gasteiger partial charge on any atom is -0.382 e. The smallest absolute Gasteiger partial charge is 0.382 e. The Morgan fingerprint density at radius 2 is 1.93 bits per heavy atom. The van der Waals surface area contributed by atoms with Crippen LogP contribution in [0.2, 0.25) is 0 Å². The van der Waals surface area contributed by atoms with Crippen molar-refractivity contribution in [3.8, 4) is 0 Å². The highest BCUT2D eigenvalue weighted by atomic mass is 19.4. The lowest BCUT2D eigenvalue weighted by molar-refractivity contribution is -0.187. The zero-order chi connectivity index (χ0) is 30.1. The average Bonchev–Trinajstić information content (AvgIpc) is 3.36. The lowest BCUT2D eigenvalue weighted by atomic mass is 9.78. The third-order valence-electron chi connectivity index (χ3n) is 8.55. The van der Waals surface area contributed by atoms with Crippen LogP contribution in [0.15, 0.2) is 83.7 Å². The van der Waals surface area contributed by atoms with E-state index in [1.165, 1.54) is 5.57 Å². The molecule has 2 N–H and O–H groups in total. The topological polar surface area (TPSA) is 92.1 Å². The summed E-state index contributed by atoms with van der Waals surface area (Å²) in [5.41, 5.74) is 11.8. The molecule has 1 amide bonds. The number of imidazole rings is 1. The first-order chi connectivity index (χ1) is 20.7. The van der Waals surface area contributed by atoms with E-state index in [4.69, 9.17) is 15.7 Å². The van der Waals surface area contributed by atoms with Crippen molar-refractivity contribution in [1.82, 2.24) is 24.2 Å². The second-order valence-electron chi connectivity index (χ2n) is 11.2. The number of aliphatic imine (C=N–C) groups is 1. The molecule has 4 aliphatic rings. The molecule has 8 nitrogen and oxygen atoms in total. The summed E-state index contributed by atoms with van der Waals surface area (Å²) in [5.74, 6) is -0.324. The van der Waals surface area contributed by atoms with Gasteiger partial charge in [-0.05, 0) is 42.9 Å². The first-order valence-electron chi connectivity index (χ1n) is 14.6. The second kappa shape index (κ2) is 11.8. The van der Waals surface area contributed by atoms with E-state index in [2.05, 4.69) is 34.7 Å². The summed E-state index contributed by atoms with van der Waals surface area (Å²) in [7, 11) is 0. The number of amides is 1. The largest absolute Gasteiger partial charge is 0.471 e. The molecule has 0 aromatic carbocycles. The first-order valence-corrected chi connectivity index (χ1v) is 14.6. The van der Waals surface area contributed by atoms with Crippen LogP contribution >= 0.6 is 0 Å². The Morgan fingerprint density at radius 1 is 1.14 bits per heavy atom. The molecule has 0 radical (unpaired) electrons. The molecule has 224 valence electrons. The predicted molar refractivity (Wildman–Crippen MR) is 162 cm³/mol. The Kier molecular flexibility index (Phi) is 7.91. The second-order valence-corrected chi connectivity index (χ2v) is 11.2. The lowest BCUT2D eigenvalue weighted by Crippen LogP contribution is -2.56. The number of carbonyl (C=O) groups is 1. The molecule has 3 aliphatic carbocycles. The number of piperazine rings is 1. The quantitative estimate of drug-likeness (QED) is 0.510. The number of nitrogens with two attached hydrogens (primary N) is 1.